The van der Waals surface area contributed by atoms with E-state index in [0.29, 0.717) is 16.5 Å². The van der Waals surface area contributed by atoms with E-state index in [1.807, 2.05) is 44.2 Å². The molecule has 0 aromatic heterocycles. The maximum absolute atomic E-state index is 6.51. The van der Waals surface area contributed by atoms with E-state index in [1.54, 1.807) is 0 Å². The molecule has 0 amide bonds. The Hall–Kier alpha value is -0.930. The monoisotopic (exact) mass is 412 g/mol. The summed E-state index contributed by atoms with van der Waals surface area (Å²) in [6, 6.07) is 9.96. The third kappa shape index (κ3) is 5.56. The smallest absolute Gasteiger partial charge is 0.138 e. The van der Waals surface area contributed by atoms with Gasteiger partial charge in [0.05, 0.1) is 17.7 Å². The second-order valence-corrected chi connectivity index (χ2v) is 7.95. The van der Waals surface area contributed by atoms with Gasteiger partial charge in [-0.1, -0.05) is 40.5 Å². The summed E-state index contributed by atoms with van der Waals surface area (Å²) < 4.78 is 11.6. The summed E-state index contributed by atoms with van der Waals surface area (Å²) in [7, 11) is 0. The van der Waals surface area contributed by atoms with Crippen LogP contribution in [0.2, 0.25) is 5.02 Å². The van der Waals surface area contributed by atoms with E-state index < -0.39 is 0 Å². The summed E-state index contributed by atoms with van der Waals surface area (Å²) >= 11 is 10.2. The van der Waals surface area contributed by atoms with Crippen molar-refractivity contribution in [3.63, 3.8) is 0 Å². The topological polar surface area (TPSA) is 18.5 Å². The van der Waals surface area contributed by atoms with Crippen LogP contribution in [0.15, 0.2) is 30.3 Å². The van der Waals surface area contributed by atoms with E-state index >= 15 is 0 Å². The highest BCUT2D eigenvalue weighted by Crippen LogP contribution is 2.34. The highest BCUT2D eigenvalue weighted by atomic mass is 79.9. The molecule has 4 heteroatoms. The van der Waals surface area contributed by atoms with E-state index in [0.717, 1.165) is 35.1 Å². The average Bonchev–Trinajstić information content (AvgIpc) is 2.55. The number of benzene rings is 2. The molecule has 0 fully saturated rings. The van der Waals surface area contributed by atoms with Crippen molar-refractivity contribution in [2.24, 2.45) is 0 Å². The zero-order valence-corrected chi connectivity index (χ0v) is 17.0. The van der Waals surface area contributed by atoms with Gasteiger partial charge < -0.3 is 9.47 Å². The summed E-state index contributed by atoms with van der Waals surface area (Å²) in [6.45, 7) is 6.93. The van der Waals surface area contributed by atoms with Crippen LogP contribution in [-0.2, 0) is 0 Å². The fourth-order valence-electron chi connectivity index (χ4n) is 2.56. The predicted molar refractivity (Wildman–Crippen MR) is 107 cm³/mol. The van der Waals surface area contributed by atoms with Crippen molar-refractivity contribution in [2.75, 3.05) is 6.61 Å². The van der Waals surface area contributed by atoms with Crippen LogP contribution < -0.4 is 9.47 Å². The number of fused-ring (bicyclic) bond motifs is 1. The molecule has 24 heavy (non-hydrogen) atoms. The largest absolute Gasteiger partial charge is 0.492 e. The molecule has 0 spiro atoms. The molecule has 0 aliphatic carbocycles. The van der Waals surface area contributed by atoms with E-state index in [-0.39, 0.29) is 6.10 Å². The van der Waals surface area contributed by atoms with Gasteiger partial charge in [-0.2, -0.15) is 0 Å². The number of alkyl halides is 1. The Kier molecular flexibility index (Phi) is 7.70. The van der Waals surface area contributed by atoms with E-state index in [1.165, 1.54) is 12.8 Å². The number of hydrogen-bond acceptors (Lipinski definition) is 2. The number of rotatable bonds is 9. The molecular formula is C20H26BrClO2. The lowest BCUT2D eigenvalue weighted by Crippen LogP contribution is -2.05. The van der Waals surface area contributed by atoms with Gasteiger partial charge in [0, 0.05) is 10.2 Å². The molecule has 1 atom stereocenters. The second-order valence-electron chi connectivity index (χ2n) is 6.28. The van der Waals surface area contributed by atoms with Crippen LogP contribution in [0.4, 0.5) is 0 Å². The lowest BCUT2D eigenvalue weighted by molar-refractivity contribution is 0.243. The quantitative estimate of drug-likeness (QED) is 0.325. The average molecular weight is 414 g/mol. The second kappa shape index (κ2) is 9.53. The third-order valence-corrected chi connectivity index (χ3v) is 5.37. The van der Waals surface area contributed by atoms with Crippen LogP contribution in [0.5, 0.6) is 11.5 Å². The standard InChI is InChI=1S/C20H26BrClO2/c1-4-16(21)7-5-6-12-23-19-11-8-15-13-17(24-14(2)3)9-10-18(15)20(19)22/h8-11,13-14,16H,4-7,12H2,1-3H3. The molecule has 0 aliphatic rings. The molecule has 132 valence electrons. The highest BCUT2D eigenvalue weighted by molar-refractivity contribution is 9.09. The van der Waals surface area contributed by atoms with Gasteiger partial charge in [0.2, 0.25) is 0 Å². The Morgan fingerprint density at radius 1 is 1.12 bits per heavy atom. The maximum Gasteiger partial charge on any atom is 0.138 e. The fourth-order valence-corrected chi connectivity index (χ4v) is 3.17. The minimum absolute atomic E-state index is 0.160. The van der Waals surface area contributed by atoms with Crippen LogP contribution >= 0.6 is 27.5 Å². The first kappa shape index (κ1) is 19.4. The number of ether oxygens (including phenoxy) is 2. The lowest BCUT2D eigenvalue weighted by atomic mass is 10.1. The van der Waals surface area contributed by atoms with Crippen LogP contribution in [0.3, 0.4) is 0 Å². The molecule has 2 rings (SSSR count). The first-order valence-corrected chi connectivity index (χ1v) is 9.96. The highest BCUT2D eigenvalue weighted by Gasteiger charge is 2.09. The maximum atomic E-state index is 6.51. The number of unbranched alkanes of at least 4 members (excludes halogenated alkanes) is 1. The van der Waals surface area contributed by atoms with Gasteiger partial charge in [-0.25, -0.2) is 0 Å². The van der Waals surface area contributed by atoms with Gasteiger partial charge >= 0.3 is 0 Å². The molecule has 0 N–H and O–H groups in total. The molecule has 0 bridgehead atoms. The Labute approximate surface area is 158 Å². The van der Waals surface area contributed by atoms with Gasteiger partial charge in [-0.05, 0) is 69.2 Å². The molecule has 2 nitrogen and oxygen atoms in total. The lowest BCUT2D eigenvalue weighted by Gasteiger charge is -2.13. The van der Waals surface area contributed by atoms with E-state index in [2.05, 4.69) is 22.9 Å². The molecule has 0 saturated heterocycles. The van der Waals surface area contributed by atoms with Gasteiger partial charge in [0.15, 0.2) is 0 Å². The Morgan fingerprint density at radius 2 is 1.92 bits per heavy atom. The van der Waals surface area contributed by atoms with Gasteiger partial charge in [0.25, 0.3) is 0 Å². The summed E-state index contributed by atoms with van der Waals surface area (Å²) in [4.78, 5) is 0.615. The third-order valence-electron chi connectivity index (χ3n) is 3.87. The Balaban J connectivity index is 1.98. The van der Waals surface area contributed by atoms with Crippen molar-refractivity contribution in [3.8, 4) is 11.5 Å². The van der Waals surface area contributed by atoms with Gasteiger partial charge in [-0.15, -0.1) is 0 Å². The summed E-state index contributed by atoms with van der Waals surface area (Å²) in [5, 5.41) is 2.74. The molecule has 0 radical (unpaired) electrons. The van der Waals surface area contributed by atoms with Gasteiger partial charge in [0.1, 0.15) is 11.5 Å². The van der Waals surface area contributed by atoms with Crippen molar-refractivity contribution in [1.82, 2.24) is 0 Å². The predicted octanol–water partition coefficient (Wildman–Crippen LogP) is 7.00. The van der Waals surface area contributed by atoms with Crippen LogP contribution in [0.1, 0.15) is 46.5 Å². The van der Waals surface area contributed by atoms with E-state index in [4.69, 9.17) is 21.1 Å². The van der Waals surface area contributed by atoms with Crippen molar-refractivity contribution in [3.05, 3.63) is 35.4 Å². The van der Waals surface area contributed by atoms with Crippen molar-refractivity contribution < 1.29 is 9.47 Å². The van der Waals surface area contributed by atoms with Crippen molar-refractivity contribution >= 4 is 38.3 Å². The van der Waals surface area contributed by atoms with Gasteiger partial charge in [-0.3, -0.25) is 0 Å². The fraction of sp³-hybridized carbons (Fsp3) is 0.500. The molecular weight excluding hydrogens is 388 g/mol. The summed E-state index contributed by atoms with van der Waals surface area (Å²) in [5.74, 6) is 1.62. The Morgan fingerprint density at radius 3 is 2.62 bits per heavy atom. The molecule has 0 heterocycles. The molecule has 2 aromatic rings. The van der Waals surface area contributed by atoms with Crippen LogP contribution in [0.25, 0.3) is 10.8 Å². The van der Waals surface area contributed by atoms with Crippen molar-refractivity contribution in [1.29, 1.82) is 0 Å². The zero-order chi connectivity index (χ0) is 17.5. The minimum Gasteiger partial charge on any atom is -0.492 e. The summed E-state index contributed by atoms with van der Waals surface area (Å²) in [6.07, 6.45) is 4.71. The van der Waals surface area contributed by atoms with Crippen LogP contribution in [-0.4, -0.2) is 17.5 Å². The molecule has 0 aliphatic heterocycles. The first-order valence-electron chi connectivity index (χ1n) is 8.67. The zero-order valence-electron chi connectivity index (χ0n) is 14.6. The molecule has 1 unspecified atom stereocenters. The first-order chi connectivity index (χ1) is 11.5. The minimum atomic E-state index is 0.160. The SMILES string of the molecule is CCC(Br)CCCCOc1ccc2cc(OC(C)C)ccc2c1Cl. The van der Waals surface area contributed by atoms with Crippen molar-refractivity contribution in [2.45, 2.75) is 57.4 Å². The molecule has 0 saturated carbocycles. The number of hydrogen-bond donors (Lipinski definition) is 0. The number of halogens is 2. The molecule has 2 aromatic carbocycles. The van der Waals surface area contributed by atoms with Crippen LogP contribution in [0, 0.1) is 0 Å². The Bertz CT molecular complexity index is 657. The summed E-state index contributed by atoms with van der Waals surface area (Å²) in [5.41, 5.74) is 0. The normalized spacial score (nSPS) is 12.6. The van der Waals surface area contributed by atoms with E-state index in [9.17, 15) is 0 Å².